The maximum absolute atomic E-state index is 12.7. The van der Waals surface area contributed by atoms with Crippen LogP contribution in [0.25, 0.3) is 0 Å². The molecule has 0 saturated heterocycles. The Balaban J connectivity index is 2.01. The van der Waals surface area contributed by atoms with Gasteiger partial charge >= 0.3 is 18.0 Å². The maximum atomic E-state index is 12.7. The molecular weight excluding hydrogens is 426 g/mol. The number of nitrogens with one attached hydrogen (secondary N) is 1. The molecule has 2 aliphatic heterocycles. The average Bonchev–Trinajstić information content (AvgIpc) is 3.12. The van der Waals surface area contributed by atoms with Gasteiger partial charge in [0.2, 0.25) is 0 Å². The third-order valence-electron chi connectivity index (χ3n) is 4.97. The Labute approximate surface area is 193 Å². The number of ether oxygens (including phenoxy) is 3. The van der Waals surface area contributed by atoms with Gasteiger partial charge < -0.3 is 29.3 Å². The molecular formula is C24H29N3O6. The summed E-state index contributed by atoms with van der Waals surface area (Å²) >= 11 is 0. The lowest BCUT2D eigenvalue weighted by Crippen LogP contribution is -2.37. The molecule has 9 heteroatoms. The van der Waals surface area contributed by atoms with Crippen LogP contribution >= 0.6 is 0 Å². The van der Waals surface area contributed by atoms with Crippen LogP contribution in [-0.2, 0) is 30.3 Å². The fourth-order valence-corrected chi connectivity index (χ4v) is 3.49. The molecule has 9 nitrogen and oxygen atoms in total. The molecule has 176 valence electrons. The minimum Gasteiger partial charge on any atom is -0.465 e. The van der Waals surface area contributed by atoms with E-state index in [1.54, 1.807) is 28.2 Å². The SMILES string of the molecule is COC(=O)C1=C(C(=O)OC)N(c2ccc3c(c2)CN(C(=O)OC(C)(C)C)CCN3)C=CC=C1. The number of nitrogens with zero attached hydrogens (tertiary/aromatic N) is 2. The lowest BCUT2D eigenvalue weighted by Gasteiger charge is -2.27. The summed E-state index contributed by atoms with van der Waals surface area (Å²) in [6, 6.07) is 5.56. The van der Waals surface area contributed by atoms with Crippen LogP contribution in [0.2, 0.25) is 0 Å². The van der Waals surface area contributed by atoms with Crippen LogP contribution in [0.15, 0.2) is 53.9 Å². The van der Waals surface area contributed by atoms with E-state index in [4.69, 9.17) is 14.2 Å². The summed E-state index contributed by atoms with van der Waals surface area (Å²) in [6.07, 6.45) is 6.12. The number of rotatable bonds is 3. The van der Waals surface area contributed by atoms with Gasteiger partial charge in [-0.25, -0.2) is 14.4 Å². The van der Waals surface area contributed by atoms with E-state index in [1.165, 1.54) is 20.3 Å². The number of hydrogen-bond donors (Lipinski definition) is 1. The van der Waals surface area contributed by atoms with Crippen molar-refractivity contribution in [1.29, 1.82) is 0 Å². The topological polar surface area (TPSA) is 97.4 Å². The predicted molar refractivity (Wildman–Crippen MR) is 123 cm³/mol. The standard InChI is InChI=1S/C24H29N3O6/c1-24(2,3)33-23(30)26-13-11-25-19-10-9-17(14-16(19)15-26)27-12-7-6-8-18(21(28)31-4)20(27)22(29)32-5/h6-10,12,14,25H,11,13,15H2,1-5H3. The molecule has 0 unspecified atom stereocenters. The first kappa shape index (κ1) is 23.9. The molecule has 0 bridgehead atoms. The van der Waals surface area contributed by atoms with Crippen molar-refractivity contribution < 1.29 is 28.6 Å². The number of amides is 1. The number of methoxy groups -OCH3 is 2. The Bertz CT molecular complexity index is 1040. The second kappa shape index (κ2) is 9.81. The van der Waals surface area contributed by atoms with Gasteiger partial charge in [-0.3, -0.25) is 0 Å². The molecule has 1 aromatic rings. The molecule has 1 amide bonds. The minimum atomic E-state index is -0.685. The molecule has 33 heavy (non-hydrogen) atoms. The van der Waals surface area contributed by atoms with Crippen LogP contribution in [0.1, 0.15) is 26.3 Å². The van der Waals surface area contributed by atoms with Crippen molar-refractivity contribution in [3.63, 3.8) is 0 Å². The highest BCUT2D eigenvalue weighted by Gasteiger charge is 2.29. The second-order valence-electron chi connectivity index (χ2n) is 8.49. The zero-order valence-corrected chi connectivity index (χ0v) is 19.5. The molecule has 1 aromatic carbocycles. The first-order chi connectivity index (χ1) is 15.6. The van der Waals surface area contributed by atoms with Gasteiger partial charge in [-0.15, -0.1) is 0 Å². The van der Waals surface area contributed by atoms with Gasteiger partial charge in [0.1, 0.15) is 11.3 Å². The van der Waals surface area contributed by atoms with Crippen molar-refractivity contribution in [3.05, 3.63) is 59.5 Å². The fraction of sp³-hybridized carbons (Fsp3) is 0.375. The third kappa shape index (κ3) is 5.54. The maximum Gasteiger partial charge on any atom is 0.410 e. The van der Waals surface area contributed by atoms with E-state index in [0.717, 1.165) is 11.3 Å². The number of carbonyl (C=O) groups is 3. The molecule has 0 aliphatic carbocycles. The quantitative estimate of drug-likeness (QED) is 0.548. The molecule has 3 rings (SSSR count). The van der Waals surface area contributed by atoms with Crippen molar-refractivity contribution in [2.45, 2.75) is 32.9 Å². The number of anilines is 2. The average molecular weight is 456 g/mol. The molecule has 0 spiro atoms. The smallest absolute Gasteiger partial charge is 0.410 e. The summed E-state index contributed by atoms with van der Waals surface area (Å²) in [5.74, 6) is -1.34. The molecule has 0 fully saturated rings. The Morgan fingerprint density at radius 2 is 1.76 bits per heavy atom. The molecule has 0 saturated carbocycles. The van der Waals surface area contributed by atoms with Crippen molar-refractivity contribution in [2.75, 3.05) is 37.5 Å². The van der Waals surface area contributed by atoms with Crippen molar-refractivity contribution in [1.82, 2.24) is 4.90 Å². The van der Waals surface area contributed by atoms with Crippen LogP contribution in [-0.4, -0.2) is 55.8 Å². The Morgan fingerprint density at radius 1 is 1.03 bits per heavy atom. The number of carbonyl (C=O) groups excluding carboxylic acids is 3. The molecule has 1 N–H and O–H groups in total. The van der Waals surface area contributed by atoms with Gasteiger partial charge in [-0.2, -0.15) is 0 Å². The Hall–Kier alpha value is -3.75. The predicted octanol–water partition coefficient (Wildman–Crippen LogP) is 3.34. The van der Waals surface area contributed by atoms with E-state index in [-0.39, 0.29) is 11.3 Å². The van der Waals surface area contributed by atoms with Gasteiger partial charge in [-0.1, -0.05) is 6.08 Å². The molecule has 0 atom stereocenters. The number of benzene rings is 1. The minimum absolute atomic E-state index is 0.0277. The van der Waals surface area contributed by atoms with E-state index >= 15 is 0 Å². The van der Waals surface area contributed by atoms with Gasteiger partial charge in [0, 0.05) is 30.7 Å². The molecule has 2 aliphatic rings. The van der Waals surface area contributed by atoms with E-state index in [9.17, 15) is 14.4 Å². The largest absolute Gasteiger partial charge is 0.465 e. The van der Waals surface area contributed by atoms with Gasteiger partial charge in [0.15, 0.2) is 0 Å². The van der Waals surface area contributed by atoms with Gasteiger partial charge in [0.25, 0.3) is 0 Å². The summed E-state index contributed by atoms with van der Waals surface area (Å²) in [6.45, 7) is 6.85. The monoisotopic (exact) mass is 455 g/mol. The van der Waals surface area contributed by atoms with Gasteiger partial charge in [0.05, 0.1) is 26.3 Å². The first-order valence-electron chi connectivity index (χ1n) is 10.5. The number of allylic oxidation sites excluding steroid dienone is 2. The van der Waals surface area contributed by atoms with E-state index < -0.39 is 23.6 Å². The Kier molecular flexibility index (Phi) is 7.10. The summed E-state index contributed by atoms with van der Waals surface area (Å²) in [5, 5.41) is 3.32. The van der Waals surface area contributed by atoms with E-state index in [0.29, 0.717) is 25.3 Å². The van der Waals surface area contributed by atoms with Gasteiger partial charge in [-0.05, 0) is 56.7 Å². The van der Waals surface area contributed by atoms with E-state index in [2.05, 4.69) is 5.32 Å². The van der Waals surface area contributed by atoms with Crippen LogP contribution < -0.4 is 10.2 Å². The molecule has 2 heterocycles. The fourth-order valence-electron chi connectivity index (χ4n) is 3.49. The van der Waals surface area contributed by atoms with E-state index in [1.807, 2.05) is 39.0 Å². The zero-order valence-electron chi connectivity index (χ0n) is 19.5. The zero-order chi connectivity index (χ0) is 24.2. The lowest BCUT2D eigenvalue weighted by molar-refractivity contribution is -0.139. The van der Waals surface area contributed by atoms with Crippen molar-refractivity contribution in [3.8, 4) is 0 Å². The summed E-state index contributed by atoms with van der Waals surface area (Å²) in [7, 11) is 2.50. The summed E-state index contributed by atoms with van der Waals surface area (Å²) in [5.41, 5.74) is 1.82. The number of fused-ring (bicyclic) bond motifs is 1. The highest BCUT2D eigenvalue weighted by atomic mass is 16.6. The highest BCUT2D eigenvalue weighted by Crippen LogP contribution is 2.31. The van der Waals surface area contributed by atoms with Crippen LogP contribution in [0.4, 0.5) is 16.2 Å². The molecule has 0 aromatic heterocycles. The van der Waals surface area contributed by atoms with Crippen LogP contribution in [0.5, 0.6) is 0 Å². The third-order valence-corrected chi connectivity index (χ3v) is 4.97. The number of hydrogen-bond acceptors (Lipinski definition) is 8. The second-order valence-corrected chi connectivity index (χ2v) is 8.49. The normalized spacial score (nSPS) is 15.8. The summed E-state index contributed by atoms with van der Waals surface area (Å²) < 4.78 is 15.4. The van der Waals surface area contributed by atoms with Crippen molar-refractivity contribution in [2.24, 2.45) is 0 Å². The van der Waals surface area contributed by atoms with Crippen molar-refractivity contribution >= 4 is 29.4 Å². The summed E-state index contributed by atoms with van der Waals surface area (Å²) in [4.78, 5) is 40.9. The highest BCUT2D eigenvalue weighted by molar-refractivity contribution is 6.05. The Morgan fingerprint density at radius 3 is 2.42 bits per heavy atom. The lowest BCUT2D eigenvalue weighted by atomic mass is 10.1. The first-order valence-corrected chi connectivity index (χ1v) is 10.5. The van der Waals surface area contributed by atoms with Crippen LogP contribution in [0, 0.1) is 0 Å². The molecule has 0 radical (unpaired) electrons. The van der Waals surface area contributed by atoms with Crippen LogP contribution in [0.3, 0.4) is 0 Å². The number of esters is 2.